The first-order valence-electron chi connectivity index (χ1n) is 4.33. The molecule has 0 aliphatic carbocycles. The van der Waals surface area contributed by atoms with Crippen molar-refractivity contribution in [2.24, 2.45) is 0 Å². The van der Waals surface area contributed by atoms with Gasteiger partial charge < -0.3 is 0 Å². The highest BCUT2D eigenvalue weighted by molar-refractivity contribution is 6.35. The average Bonchev–Trinajstić information content (AvgIpc) is 2.66. The van der Waals surface area contributed by atoms with E-state index in [0.717, 1.165) is 10.8 Å². The molecule has 3 nitrogen and oxygen atoms in total. The van der Waals surface area contributed by atoms with Crippen LogP contribution in [-0.4, -0.2) is 15.2 Å². The first kappa shape index (κ1) is 8.61. The molecule has 5 heteroatoms. The second kappa shape index (κ2) is 2.90. The van der Waals surface area contributed by atoms with Gasteiger partial charge in [-0.15, -0.1) is 0 Å². The molecule has 0 amide bonds. The minimum atomic E-state index is -0.325. The van der Waals surface area contributed by atoms with Gasteiger partial charge in [-0.1, -0.05) is 11.6 Å². The molecule has 15 heavy (non-hydrogen) atoms. The zero-order chi connectivity index (χ0) is 10.4. The van der Waals surface area contributed by atoms with E-state index in [1.54, 1.807) is 12.3 Å². The molecule has 1 N–H and O–H groups in total. The van der Waals surface area contributed by atoms with Gasteiger partial charge in [-0.25, -0.2) is 9.37 Å². The van der Waals surface area contributed by atoms with Crippen molar-refractivity contribution in [1.29, 1.82) is 0 Å². The quantitative estimate of drug-likeness (QED) is 0.593. The topological polar surface area (TPSA) is 41.6 Å². The third kappa shape index (κ3) is 1.18. The van der Waals surface area contributed by atoms with E-state index in [-0.39, 0.29) is 5.82 Å². The van der Waals surface area contributed by atoms with Gasteiger partial charge in [-0.2, -0.15) is 5.10 Å². The molecule has 2 aromatic heterocycles. The molecular weight excluding hydrogens is 217 g/mol. The van der Waals surface area contributed by atoms with Crippen molar-refractivity contribution in [2.45, 2.75) is 0 Å². The zero-order valence-corrected chi connectivity index (χ0v) is 8.22. The summed E-state index contributed by atoms with van der Waals surface area (Å²) in [5.74, 6) is -0.325. The number of aromatic nitrogens is 3. The Morgan fingerprint density at radius 1 is 1.27 bits per heavy atom. The second-order valence-electron chi connectivity index (χ2n) is 3.22. The van der Waals surface area contributed by atoms with E-state index in [1.807, 2.05) is 0 Å². The summed E-state index contributed by atoms with van der Waals surface area (Å²) in [7, 11) is 0. The Morgan fingerprint density at radius 2 is 2.13 bits per heavy atom. The Labute approximate surface area is 88.9 Å². The number of pyridine rings is 1. The number of rotatable bonds is 0. The molecule has 0 fully saturated rings. The van der Waals surface area contributed by atoms with Gasteiger partial charge in [0.15, 0.2) is 5.15 Å². The summed E-state index contributed by atoms with van der Waals surface area (Å²) in [5.41, 5.74) is 1.21. The third-order valence-corrected chi connectivity index (χ3v) is 2.59. The third-order valence-electron chi connectivity index (χ3n) is 2.31. The summed E-state index contributed by atoms with van der Waals surface area (Å²) in [5, 5.41) is 8.64. The minimum absolute atomic E-state index is 0.306. The molecule has 0 spiro atoms. The molecule has 74 valence electrons. The lowest BCUT2D eigenvalue weighted by molar-refractivity contribution is 0.629. The number of H-pyrrole nitrogens is 1. The number of hydrogen-bond acceptors (Lipinski definition) is 2. The van der Waals surface area contributed by atoms with E-state index >= 15 is 0 Å². The molecule has 0 radical (unpaired) electrons. The lowest BCUT2D eigenvalue weighted by atomic mass is 10.1. The van der Waals surface area contributed by atoms with E-state index in [9.17, 15) is 4.39 Å². The highest BCUT2D eigenvalue weighted by Gasteiger charge is 2.08. The molecule has 3 rings (SSSR count). The predicted molar refractivity (Wildman–Crippen MR) is 56.4 cm³/mol. The summed E-state index contributed by atoms with van der Waals surface area (Å²) in [4.78, 5) is 4.09. The van der Waals surface area contributed by atoms with Crippen molar-refractivity contribution in [2.75, 3.05) is 0 Å². The van der Waals surface area contributed by atoms with Crippen LogP contribution in [0.15, 0.2) is 24.4 Å². The second-order valence-corrected chi connectivity index (χ2v) is 3.58. The minimum Gasteiger partial charge on any atom is -0.275 e. The number of nitrogens with zero attached hydrogens (tertiary/aromatic N) is 2. The van der Waals surface area contributed by atoms with Crippen molar-refractivity contribution in [3.05, 3.63) is 35.4 Å². The van der Waals surface area contributed by atoms with E-state index < -0.39 is 0 Å². The Morgan fingerprint density at radius 3 is 3.00 bits per heavy atom. The van der Waals surface area contributed by atoms with Crippen molar-refractivity contribution in [3.8, 4) is 0 Å². The molecule has 2 heterocycles. The van der Waals surface area contributed by atoms with Crippen LogP contribution in [0.3, 0.4) is 0 Å². The number of halogens is 2. The number of hydrogen-bond donors (Lipinski definition) is 1. The van der Waals surface area contributed by atoms with Gasteiger partial charge in [0.2, 0.25) is 0 Å². The highest BCUT2D eigenvalue weighted by Crippen LogP contribution is 2.27. The maximum absolute atomic E-state index is 13.0. The van der Waals surface area contributed by atoms with Gasteiger partial charge in [0.1, 0.15) is 11.3 Å². The Balaban J connectivity index is 2.60. The first-order valence-corrected chi connectivity index (χ1v) is 4.71. The number of nitrogens with one attached hydrogen (secondary N) is 1. The van der Waals surface area contributed by atoms with E-state index in [2.05, 4.69) is 15.2 Å². The van der Waals surface area contributed by atoms with Crippen molar-refractivity contribution >= 4 is 33.4 Å². The van der Waals surface area contributed by atoms with E-state index in [4.69, 9.17) is 11.6 Å². The Hall–Kier alpha value is -1.68. The standard InChI is InChI=1S/C10H5ClFN3/c11-10-9-7(4-13-15-9)6-2-1-5(12)3-8(6)14-10/h1-4H,(H,13,15). The molecule has 0 unspecified atom stereocenters. The van der Waals surface area contributed by atoms with Gasteiger partial charge in [0.25, 0.3) is 0 Å². The number of aromatic amines is 1. The molecule has 0 aliphatic heterocycles. The molecule has 0 saturated heterocycles. The van der Waals surface area contributed by atoms with Crippen LogP contribution in [0.25, 0.3) is 21.8 Å². The fourth-order valence-corrected chi connectivity index (χ4v) is 1.87. The average molecular weight is 222 g/mol. The van der Waals surface area contributed by atoms with Crippen molar-refractivity contribution < 1.29 is 4.39 Å². The summed E-state index contributed by atoms with van der Waals surface area (Å²) in [6.07, 6.45) is 1.66. The monoisotopic (exact) mass is 221 g/mol. The maximum Gasteiger partial charge on any atom is 0.155 e. The molecule has 0 saturated carbocycles. The Kier molecular flexibility index (Phi) is 1.67. The fraction of sp³-hybridized carbons (Fsp3) is 0. The van der Waals surface area contributed by atoms with Crippen LogP contribution in [0, 0.1) is 5.82 Å². The SMILES string of the molecule is Fc1ccc2c(c1)nc(Cl)c1[nH]ncc12. The van der Waals surface area contributed by atoms with E-state index in [0.29, 0.717) is 16.2 Å². The van der Waals surface area contributed by atoms with Crippen LogP contribution in [0.5, 0.6) is 0 Å². The predicted octanol–water partition coefficient (Wildman–Crippen LogP) is 2.90. The molecule has 0 aliphatic rings. The number of fused-ring (bicyclic) bond motifs is 3. The lowest BCUT2D eigenvalue weighted by Gasteiger charge is -2.00. The summed E-state index contributed by atoms with van der Waals surface area (Å²) in [6.45, 7) is 0. The first-order chi connectivity index (χ1) is 7.25. The summed E-state index contributed by atoms with van der Waals surface area (Å²) >= 11 is 5.92. The van der Waals surface area contributed by atoms with Gasteiger partial charge in [-0.3, -0.25) is 5.10 Å². The molecule has 1 aromatic carbocycles. The van der Waals surface area contributed by atoms with Gasteiger partial charge in [0, 0.05) is 16.8 Å². The molecule has 3 aromatic rings. The van der Waals surface area contributed by atoms with E-state index in [1.165, 1.54) is 12.1 Å². The largest absolute Gasteiger partial charge is 0.275 e. The van der Waals surface area contributed by atoms with Crippen LogP contribution in [-0.2, 0) is 0 Å². The fourth-order valence-electron chi connectivity index (χ4n) is 1.63. The molecule has 0 bridgehead atoms. The zero-order valence-electron chi connectivity index (χ0n) is 7.46. The Bertz CT molecular complexity index is 662. The van der Waals surface area contributed by atoms with Crippen LogP contribution in [0.2, 0.25) is 5.15 Å². The summed E-state index contributed by atoms with van der Waals surface area (Å²) < 4.78 is 13.0. The number of benzene rings is 1. The maximum atomic E-state index is 13.0. The van der Waals surface area contributed by atoms with Crippen molar-refractivity contribution in [3.63, 3.8) is 0 Å². The van der Waals surface area contributed by atoms with Crippen LogP contribution < -0.4 is 0 Å². The van der Waals surface area contributed by atoms with Crippen LogP contribution in [0.4, 0.5) is 4.39 Å². The van der Waals surface area contributed by atoms with Crippen LogP contribution >= 0.6 is 11.6 Å². The van der Waals surface area contributed by atoms with Gasteiger partial charge >= 0.3 is 0 Å². The molecule has 0 atom stereocenters. The van der Waals surface area contributed by atoms with Gasteiger partial charge in [-0.05, 0) is 12.1 Å². The normalized spacial score (nSPS) is 11.3. The van der Waals surface area contributed by atoms with Gasteiger partial charge in [0.05, 0.1) is 11.7 Å². The smallest absolute Gasteiger partial charge is 0.155 e. The van der Waals surface area contributed by atoms with Crippen molar-refractivity contribution in [1.82, 2.24) is 15.2 Å². The van der Waals surface area contributed by atoms with Crippen LogP contribution in [0.1, 0.15) is 0 Å². The summed E-state index contributed by atoms with van der Waals surface area (Å²) in [6, 6.07) is 4.42. The highest BCUT2D eigenvalue weighted by atomic mass is 35.5. The molecular formula is C10H5ClFN3. The lowest BCUT2D eigenvalue weighted by Crippen LogP contribution is -1.84.